The zero-order chi connectivity index (χ0) is 10.6. The third-order valence-electron chi connectivity index (χ3n) is 3.30. The summed E-state index contributed by atoms with van der Waals surface area (Å²) in [4.78, 5) is 2.41. The van der Waals surface area contributed by atoms with Gasteiger partial charge in [-0.2, -0.15) is 0 Å². The smallest absolute Gasteiger partial charge is 0.0667 e. The van der Waals surface area contributed by atoms with Gasteiger partial charge in [0.05, 0.1) is 6.10 Å². The number of aliphatic hydroxyl groups excluding tert-OH is 1. The highest BCUT2D eigenvalue weighted by molar-refractivity contribution is 4.79. The van der Waals surface area contributed by atoms with Crippen molar-refractivity contribution in [3.63, 3.8) is 0 Å². The van der Waals surface area contributed by atoms with Crippen LogP contribution in [0.4, 0.5) is 0 Å². The standard InChI is InChI=1S/C12H25NO/c1-4-5-11(14)10-13-8-6-12(2,3)7-9-13/h11,14H,4-10H2,1-3H3. The maximum atomic E-state index is 9.69. The summed E-state index contributed by atoms with van der Waals surface area (Å²) in [6.07, 6.45) is 4.46. The molecule has 1 heterocycles. The van der Waals surface area contributed by atoms with Crippen molar-refractivity contribution in [2.24, 2.45) is 5.41 Å². The van der Waals surface area contributed by atoms with Gasteiger partial charge in [-0.05, 0) is 37.8 Å². The Morgan fingerprint density at radius 3 is 2.36 bits per heavy atom. The molecule has 2 nitrogen and oxygen atoms in total. The first kappa shape index (κ1) is 12.0. The molecule has 14 heavy (non-hydrogen) atoms. The first-order valence-electron chi connectivity index (χ1n) is 5.94. The Kier molecular flexibility index (Phi) is 4.39. The molecule has 84 valence electrons. The van der Waals surface area contributed by atoms with Crippen molar-refractivity contribution >= 4 is 0 Å². The van der Waals surface area contributed by atoms with Crippen molar-refractivity contribution in [2.45, 2.75) is 52.6 Å². The number of β-amino-alcohol motifs (C(OH)–C–C–N with tert-alkyl or cyclic N) is 1. The second-order valence-electron chi connectivity index (χ2n) is 5.41. The molecule has 1 saturated heterocycles. The molecule has 2 heteroatoms. The van der Waals surface area contributed by atoms with Crippen molar-refractivity contribution in [2.75, 3.05) is 19.6 Å². The molecule has 0 aliphatic carbocycles. The van der Waals surface area contributed by atoms with Gasteiger partial charge in [0.2, 0.25) is 0 Å². The van der Waals surface area contributed by atoms with Crippen molar-refractivity contribution in [3.05, 3.63) is 0 Å². The fraction of sp³-hybridized carbons (Fsp3) is 1.00. The number of nitrogens with zero attached hydrogens (tertiary/aromatic N) is 1. The minimum Gasteiger partial charge on any atom is -0.392 e. The van der Waals surface area contributed by atoms with Gasteiger partial charge in [-0.25, -0.2) is 0 Å². The molecule has 0 saturated carbocycles. The molecular weight excluding hydrogens is 174 g/mol. The topological polar surface area (TPSA) is 23.5 Å². The summed E-state index contributed by atoms with van der Waals surface area (Å²) in [7, 11) is 0. The minimum atomic E-state index is -0.110. The quantitative estimate of drug-likeness (QED) is 0.751. The van der Waals surface area contributed by atoms with E-state index in [0.29, 0.717) is 5.41 Å². The fourth-order valence-electron chi connectivity index (χ4n) is 2.06. The average Bonchev–Trinajstić information content (AvgIpc) is 2.09. The average molecular weight is 199 g/mol. The second kappa shape index (κ2) is 5.13. The summed E-state index contributed by atoms with van der Waals surface area (Å²) in [5.74, 6) is 0. The summed E-state index contributed by atoms with van der Waals surface area (Å²) in [5, 5.41) is 9.69. The Hall–Kier alpha value is -0.0800. The highest BCUT2D eigenvalue weighted by atomic mass is 16.3. The van der Waals surface area contributed by atoms with Crippen molar-refractivity contribution in [1.82, 2.24) is 4.90 Å². The van der Waals surface area contributed by atoms with E-state index >= 15 is 0 Å². The summed E-state index contributed by atoms with van der Waals surface area (Å²) >= 11 is 0. The first-order chi connectivity index (χ1) is 6.53. The molecule has 1 rings (SSSR count). The van der Waals surface area contributed by atoms with E-state index < -0.39 is 0 Å². The van der Waals surface area contributed by atoms with Crippen LogP contribution in [-0.4, -0.2) is 35.7 Å². The van der Waals surface area contributed by atoms with E-state index in [2.05, 4.69) is 25.7 Å². The molecule has 0 bridgehead atoms. The highest BCUT2D eigenvalue weighted by Gasteiger charge is 2.25. The van der Waals surface area contributed by atoms with Gasteiger partial charge in [0.15, 0.2) is 0 Å². The van der Waals surface area contributed by atoms with Crippen molar-refractivity contribution in [1.29, 1.82) is 0 Å². The lowest BCUT2D eigenvalue weighted by Crippen LogP contribution is -2.41. The molecule has 1 fully saturated rings. The minimum absolute atomic E-state index is 0.110. The van der Waals surface area contributed by atoms with Gasteiger partial charge >= 0.3 is 0 Å². The van der Waals surface area contributed by atoms with Crippen LogP contribution in [0.2, 0.25) is 0 Å². The van der Waals surface area contributed by atoms with Crippen LogP contribution >= 0.6 is 0 Å². The number of rotatable bonds is 4. The Morgan fingerprint density at radius 1 is 1.29 bits per heavy atom. The molecular formula is C12H25NO. The zero-order valence-corrected chi connectivity index (χ0v) is 9.92. The third-order valence-corrected chi connectivity index (χ3v) is 3.30. The maximum Gasteiger partial charge on any atom is 0.0667 e. The van der Waals surface area contributed by atoms with Gasteiger partial charge in [-0.1, -0.05) is 27.2 Å². The van der Waals surface area contributed by atoms with E-state index in [0.717, 1.165) is 32.5 Å². The van der Waals surface area contributed by atoms with E-state index in [1.54, 1.807) is 0 Å². The number of aliphatic hydroxyl groups is 1. The second-order valence-corrected chi connectivity index (χ2v) is 5.41. The van der Waals surface area contributed by atoms with E-state index in [-0.39, 0.29) is 6.10 Å². The van der Waals surface area contributed by atoms with Crippen molar-refractivity contribution in [3.8, 4) is 0 Å². The van der Waals surface area contributed by atoms with E-state index in [1.807, 2.05) is 0 Å². The van der Waals surface area contributed by atoms with Gasteiger partial charge in [0, 0.05) is 6.54 Å². The van der Waals surface area contributed by atoms with Crippen LogP contribution < -0.4 is 0 Å². The summed E-state index contributed by atoms with van der Waals surface area (Å²) in [6, 6.07) is 0. The molecule has 0 aromatic carbocycles. The van der Waals surface area contributed by atoms with Crippen LogP contribution in [0.25, 0.3) is 0 Å². The number of likely N-dealkylation sites (tertiary alicyclic amines) is 1. The molecule has 1 aliphatic heterocycles. The van der Waals surface area contributed by atoms with Gasteiger partial charge in [-0.3, -0.25) is 0 Å². The summed E-state index contributed by atoms with van der Waals surface area (Å²) in [6.45, 7) is 10.0. The molecule has 0 aromatic heterocycles. The number of hydrogen-bond donors (Lipinski definition) is 1. The predicted molar refractivity (Wildman–Crippen MR) is 60.4 cm³/mol. The SMILES string of the molecule is CCCC(O)CN1CCC(C)(C)CC1. The van der Waals surface area contributed by atoms with Gasteiger partial charge in [-0.15, -0.1) is 0 Å². The first-order valence-corrected chi connectivity index (χ1v) is 5.94. The maximum absolute atomic E-state index is 9.69. The molecule has 0 radical (unpaired) electrons. The van der Waals surface area contributed by atoms with Crippen molar-refractivity contribution < 1.29 is 5.11 Å². The van der Waals surface area contributed by atoms with Crippen LogP contribution in [0, 0.1) is 5.41 Å². The normalized spacial score (nSPS) is 24.9. The fourth-order valence-corrected chi connectivity index (χ4v) is 2.06. The largest absolute Gasteiger partial charge is 0.392 e. The number of piperidine rings is 1. The highest BCUT2D eigenvalue weighted by Crippen LogP contribution is 2.29. The van der Waals surface area contributed by atoms with E-state index in [1.165, 1.54) is 12.8 Å². The molecule has 1 aliphatic rings. The van der Waals surface area contributed by atoms with Gasteiger partial charge in [0.1, 0.15) is 0 Å². The molecule has 1 N–H and O–H groups in total. The molecule has 1 unspecified atom stereocenters. The van der Waals surface area contributed by atoms with E-state index in [9.17, 15) is 5.11 Å². The van der Waals surface area contributed by atoms with Crippen LogP contribution in [0.1, 0.15) is 46.5 Å². The molecule has 0 spiro atoms. The van der Waals surface area contributed by atoms with Crippen LogP contribution in [-0.2, 0) is 0 Å². The molecule has 0 amide bonds. The lowest BCUT2D eigenvalue weighted by atomic mass is 9.82. The Bertz CT molecular complexity index is 158. The molecule has 0 aromatic rings. The summed E-state index contributed by atoms with van der Waals surface area (Å²) < 4.78 is 0. The third kappa shape index (κ3) is 3.97. The zero-order valence-electron chi connectivity index (χ0n) is 9.92. The van der Waals surface area contributed by atoms with Gasteiger partial charge < -0.3 is 10.0 Å². The molecule has 1 atom stereocenters. The lowest BCUT2D eigenvalue weighted by molar-refractivity contribution is 0.0662. The lowest BCUT2D eigenvalue weighted by Gasteiger charge is -2.37. The predicted octanol–water partition coefficient (Wildman–Crippen LogP) is 2.27. The van der Waals surface area contributed by atoms with E-state index in [4.69, 9.17) is 0 Å². The van der Waals surface area contributed by atoms with Crippen LogP contribution in [0.3, 0.4) is 0 Å². The number of hydrogen-bond acceptors (Lipinski definition) is 2. The Morgan fingerprint density at radius 2 is 1.86 bits per heavy atom. The summed E-state index contributed by atoms with van der Waals surface area (Å²) in [5.41, 5.74) is 0.520. The Labute approximate surface area is 88.3 Å². The van der Waals surface area contributed by atoms with Crippen LogP contribution in [0.15, 0.2) is 0 Å². The van der Waals surface area contributed by atoms with Crippen LogP contribution in [0.5, 0.6) is 0 Å². The Balaban J connectivity index is 2.22. The van der Waals surface area contributed by atoms with Gasteiger partial charge in [0.25, 0.3) is 0 Å². The monoisotopic (exact) mass is 199 g/mol.